The molecule has 1 rings (SSSR count). The smallest absolute Gasteiger partial charge is 0.762 e. The van der Waals surface area contributed by atoms with E-state index in [1.807, 2.05) is 31.1 Å². The summed E-state index contributed by atoms with van der Waals surface area (Å²) in [4.78, 5) is 5.04. The summed E-state index contributed by atoms with van der Waals surface area (Å²) in [5.74, 6) is 0. The summed E-state index contributed by atoms with van der Waals surface area (Å²) in [5, 5.41) is 8.38. The van der Waals surface area contributed by atoms with Gasteiger partial charge in [-0.25, -0.2) is 0 Å². The fourth-order valence-corrected chi connectivity index (χ4v) is 0.817. The molecule has 0 N–H and O–H groups in total. The summed E-state index contributed by atoms with van der Waals surface area (Å²) in [7, 11) is 0.260. The van der Waals surface area contributed by atoms with Crippen LogP contribution in [0.15, 0.2) is 24.3 Å². The molecule has 0 saturated heterocycles. The Kier molecular flexibility index (Phi) is 8.87. The Hall–Kier alpha value is -1.78. The molecule has 0 spiro atoms. The summed E-state index contributed by atoms with van der Waals surface area (Å²) < 4.78 is 29.0. The van der Waals surface area contributed by atoms with E-state index in [-0.39, 0.29) is 4.70 Å². The van der Waals surface area contributed by atoms with Gasteiger partial charge in [0.15, 0.2) is 4.98 Å². The van der Waals surface area contributed by atoms with Crippen molar-refractivity contribution in [3.63, 3.8) is 0 Å². The molecule has 0 unspecified atom stereocenters. The minimum absolute atomic E-state index is 0. The molecule has 0 fully saturated rings. The van der Waals surface area contributed by atoms with Crippen molar-refractivity contribution in [3.8, 4) is 0 Å². The highest BCUT2D eigenvalue weighted by Gasteiger charge is 2.06. The van der Waals surface area contributed by atoms with E-state index in [0.717, 1.165) is 5.69 Å². The highest BCUT2D eigenvalue weighted by molar-refractivity contribution is 6.33. The van der Waals surface area contributed by atoms with Crippen LogP contribution in [-0.2, 0) is 0 Å². The van der Waals surface area contributed by atoms with Gasteiger partial charge in [0.1, 0.15) is 0 Å². The van der Waals surface area contributed by atoms with Crippen LogP contribution in [0.5, 0.6) is 0 Å². The van der Waals surface area contributed by atoms with Crippen LogP contribution in [0, 0.1) is 5.39 Å². The van der Waals surface area contributed by atoms with E-state index in [1.54, 1.807) is 12.1 Å². The molecule has 1 aromatic carbocycles. The lowest BCUT2D eigenvalue weighted by Crippen LogP contribution is -3.00. The lowest BCUT2D eigenvalue weighted by Gasteiger charge is -2.09. The van der Waals surface area contributed by atoms with Gasteiger partial charge < -0.3 is 9.60 Å². The van der Waals surface area contributed by atoms with E-state index >= 15 is 0 Å². The molecule has 0 aliphatic carbocycles. The minimum atomic E-state index is -3.67. The molecule has 0 heterocycles. The summed E-state index contributed by atoms with van der Waals surface area (Å²) in [6.45, 7) is 0. The summed E-state index contributed by atoms with van der Waals surface area (Å²) in [6.07, 6.45) is 0. The molecule has 88 valence electrons. The maximum Gasteiger partial charge on any atom is 0.762 e. The van der Waals surface area contributed by atoms with Gasteiger partial charge in [-0.1, -0.05) is 0 Å². The Balaban J connectivity index is 0. The van der Waals surface area contributed by atoms with E-state index < -0.39 is 7.54 Å². The van der Waals surface area contributed by atoms with Crippen LogP contribution in [0.4, 0.5) is 24.3 Å². The van der Waals surface area contributed by atoms with Gasteiger partial charge in [-0.2, -0.15) is 0 Å². The van der Waals surface area contributed by atoms with Gasteiger partial charge in [-0.15, -0.1) is 0 Å². The monoisotopic (exact) mass is 235 g/mol. The van der Waals surface area contributed by atoms with Crippen molar-refractivity contribution in [2.75, 3.05) is 19.0 Å². The van der Waals surface area contributed by atoms with Gasteiger partial charge in [0.05, 0.1) is 0 Å². The summed E-state index contributed by atoms with van der Waals surface area (Å²) in [5.41, 5.74) is 1.67. The predicted octanol–water partition coefficient (Wildman–Crippen LogP) is 0.121. The van der Waals surface area contributed by atoms with Crippen LogP contribution in [-0.4, -0.2) is 21.6 Å². The van der Waals surface area contributed by atoms with Crippen LogP contribution >= 0.6 is 0 Å². The zero-order chi connectivity index (χ0) is 11.8. The molecule has 0 aliphatic rings. The highest BCUT2D eigenvalue weighted by atomic mass is 19.4. The molecule has 0 saturated carbocycles. The van der Waals surface area contributed by atoms with E-state index in [2.05, 4.69) is 4.98 Å². The van der Waals surface area contributed by atoms with Gasteiger partial charge >= 0.3 is 13.2 Å². The molecule has 0 amide bonds. The second-order valence-corrected chi connectivity index (χ2v) is 2.76. The molecular formula is C8H10BF4N3. The van der Waals surface area contributed by atoms with Crippen LogP contribution in [0.2, 0.25) is 0 Å². The molecule has 3 nitrogen and oxygen atoms in total. The number of benzene rings is 1. The second-order valence-electron chi connectivity index (χ2n) is 2.76. The molecule has 1 aromatic rings. The number of hydrogen-bond donors (Lipinski definition) is 0. The van der Waals surface area contributed by atoms with Crippen molar-refractivity contribution in [1.29, 1.82) is 5.39 Å². The van der Waals surface area contributed by atoms with Gasteiger partial charge in [0.25, 0.3) is 0 Å². The predicted molar refractivity (Wildman–Crippen MR) is 54.6 cm³/mol. The molecular weight excluding hydrogens is 225 g/mol. The number of nitrogens with zero attached hydrogens (tertiary/aromatic N) is 3. The van der Waals surface area contributed by atoms with Crippen LogP contribution in [0.3, 0.4) is 0 Å². The van der Waals surface area contributed by atoms with E-state index in [1.165, 1.54) is 0 Å². The highest BCUT2D eigenvalue weighted by Crippen LogP contribution is 2.17. The quantitative estimate of drug-likeness (QED) is 0.393. The number of hydrogen-bond acceptors (Lipinski definition) is 2. The fourth-order valence-electron chi connectivity index (χ4n) is 0.817. The molecule has 0 aromatic heterocycles. The van der Waals surface area contributed by atoms with Crippen molar-refractivity contribution in [1.82, 2.24) is 0 Å². The van der Waals surface area contributed by atoms with Gasteiger partial charge in [-0.05, 0) is 12.1 Å². The first kappa shape index (κ1) is 16.6. The number of halogens is 4. The second kappa shape index (κ2) is 8.53. The zero-order valence-electron chi connectivity index (χ0n) is 8.74. The van der Waals surface area contributed by atoms with Crippen LogP contribution in [0.1, 0.15) is 0 Å². The topological polar surface area (TPSA) is 31.4 Å². The molecule has 0 aliphatic heterocycles. The van der Waals surface area contributed by atoms with Crippen molar-refractivity contribution in [3.05, 3.63) is 29.2 Å². The zero-order valence-corrected chi connectivity index (χ0v) is 8.74. The Labute approximate surface area is 91.1 Å². The van der Waals surface area contributed by atoms with E-state index in [9.17, 15) is 12.9 Å². The normalized spacial score (nSPS) is 7.75. The summed E-state index contributed by atoms with van der Waals surface area (Å²) in [6, 6.07) is 7.31. The molecule has 16 heavy (non-hydrogen) atoms. The molecule has 0 atom stereocenters. The molecule has 8 heteroatoms. The third-order valence-electron chi connectivity index (χ3n) is 1.48. The van der Waals surface area contributed by atoms with Crippen molar-refractivity contribution >= 4 is 18.9 Å². The lowest BCUT2D eigenvalue weighted by molar-refractivity contribution is -0.00000619. The first-order chi connectivity index (χ1) is 6.97. The van der Waals surface area contributed by atoms with Crippen molar-refractivity contribution < 1.29 is 17.7 Å². The van der Waals surface area contributed by atoms with E-state index in [0.29, 0.717) is 5.69 Å². The first-order valence-corrected chi connectivity index (χ1v) is 4.02. The third-order valence-corrected chi connectivity index (χ3v) is 1.48. The van der Waals surface area contributed by atoms with Crippen LogP contribution in [0.25, 0.3) is 4.98 Å². The number of rotatable bonds is 1. The van der Waals surface area contributed by atoms with Gasteiger partial charge in [-0.3, -0.25) is 12.9 Å². The molecule has 0 radical (unpaired) electrons. The SMILES string of the molecule is CN(C)c1ccc([N+]#N)cc1.FB(F)F.[F-]. The third kappa shape index (κ3) is 7.61. The summed E-state index contributed by atoms with van der Waals surface area (Å²) >= 11 is 0. The number of anilines is 1. The van der Waals surface area contributed by atoms with Crippen molar-refractivity contribution in [2.24, 2.45) is 0 Å². The molecule has 0 bridgehead atoms. The lowest BCUT2D eigenvalue weighted by atomic mass is 10.3. The van der Waals surface area contributed by atoms with E-state index in [4.69, 9.17) is 5.39 Å². The van der Waals surface area contributed by atoms with Gasteiger partial charge in [0.2, 0.25) is 5.39 Å². The Morgan fingerprint density at radius 2 is 1.50 bits per heavy atom. The fraction of sp³-hybridized carbons (Fsp3) is 0.250. The Morgan fingerprint density at radius 3 is 1.75 bits per heavy atom. The average Bonchev–Trinajstić information content (AvgIpc) is 2.17. The minimum Gasteiger partial charge on any atom is -1.00 e. The standard InChI is InChI=1S/C8H10N3.BF3.FH/c1-11(2)8-5-3-7(10-9)4-6-8;2-1(3)4;/h3-6H,1-2H3;;1H/q+1;;/p-1. The first-order valence-electron chi connectivity index (χ1n) is 4.02. The Morgan fingerprint density at radius 1 is 1.12 bits per heavy atom. The number of diazo groups is 1. The van der Waals surface area contributed by atoms with Gasteiger partial charge in [0, 0.05) is 31.9 Å². The average molecular weight is 235 g/mol. The maximum atomic E-state index is 9.67. The van der Waals surface area contributed by atoms with Crippen LogP contribution < -0.4 is 9.60 Å². The van der Waals surface area contributed by atoms with Crippen molar-refractivity contribution in [2.45, 2.75) is 0 Å². The maximum absolute atomic E-state index is 9.67. The Bertz CT molecular complexity index is 320. The largest absolute Gasteiger partial charge is 1.00 e.